The van der Waals surface area contributed by atoms with Crippen LogP contribution in [0.4, 0.5) is 0 Å². The van der Waals surface area contributed by atoms with Crippen LogP contribution in [-0.2, 0) is 4.79 Å². The molecule has 17 heavy (non-hydrogen) atoms. The van der Waals surface area contributed by atoms with Crippen LogP contribution in [-0.4, -0.2) is 29.9 Å². The summed E-state index contributed by atoms with van der Waals surface area (Å²) in [4.78, 5) is 36.4. The van der Waals surface area contributed by atoms with Crippen molar-refractivity contribution in [2.75, 3.05) is 13.1 Å². The minimum atomic E-state index is -0.448. The predicted molar refractivity (Wildman–Crippen MR) is 62.8 cm³/mol. The third-order valence-electron chi connectivity index (χ3n) is 2.09. The number of carbonyl (C=O) groups excluding carboxylic acids is 2. The summed E-state index contributed by atoms with van der Waals surface area (Å²) in [7, 11) is 0. The molecule has 3 N–H and O–H groups in total. The van der Waals surface area contributed by atoms with Crippen LogP contribution >= 0.6 is 0 Å². The maximum Gasteiger partial charge on any atom is 0.256 e. The van der Waals surface area contributed by atoms with Gasteiger partial charge >= 0.3 is 0 Å². The highest BCUT2D eigenvalue weighted by molar-refractivity contribution is 5.93. The summed E-state index contributed by atoms with van der Waals surface area (Å²) in [5, 5.41) is 5.08. The Morgan fingerprint density at radius 1 is 1.29 bits per heavy atom. The lowest BCUT2D eigenvalue weighted by Gasteiger charge is -2.05. The second kappa shape index (κ2) is 5.83. The highest BCUT2D eigenvalue weighted by Crippen LogP contribution is 1.91. The number of aromatic nitrogens is 1. The molecule has 1 heterocycles. The topological polar surface area (TPSA) is 91.1 Å². The van der Waals surface area contributed by atoms with Crippen molar-refractivity contribution < 1.29 is 9.59 Å². The normalized spacial score (nSPS) is 9.76. The lowest BCUT2D eigenvalue weighted by Crippen LogP contribution is -2.35. The van der Waals surface area contributed by atoms with Gasteiger partial charge < -0.3 is 15.6 Å². The maximum atomic E-state index is 11.6. The molecule has 0 saturated carbocycles. The Morgan fingerprint density at radius 2 is 1.94 bits per heavy atom. The van der Waals surface area contributed by atoms with E-state index in [1.54, 1.807) is 6.92 Å². The van der Waals surface area contributed by atoms with E-state index in [9.17, 15) is 14.4 Å². The van der Waals surface area contributed by atoms with E-state index in [2.05, 4.69) is 15.6 Å². The van der Waals surface area contributed by atoms with Crippen molar-refractivity contribution in [1.29, 1.82) is 0 Å². The van der Waals surface area contributed by atoms with Gasteiger partial charge in [-0.1, -0.05) is 0 Å². The van der Waals surface area contributed by atoms with E-state index < -0.39 is 5.91 Å². The average Bonchev–Trinajstić information content (AvgIpc) is 2.23. The van der Waals surface area contributed by atoms with Crippen LogP contribution in [0.1, 0.15) is 23.0 Å². The minimum absolute atomic E-state index is 0.0680. The Balaban J connectivity index is 2.53. The molecule has 6 nitrogen and oxygen atoms in total. The average molecular weight is 237 g/mol. The molecular formula is C11H15N3O3. The van der Waals surface area contributed by atoms with Crippen LogP contribution in [0.2, 0.25) is 0 Å². The van der Waals surface area contributed by atoms with Gasteiger partial charge in [-0.3, -0.25) is 14.4 Å². The fourth-order valence-corrected chi connectivity index (χ4v) is 1.26. The Bertz CT molecular complexity index is 479. The van der Waals surface area contributed by atoms with E-state index in [-0.39, 0.29) is 23.4 Å². The molecule has 1 aromatic rings. The second-order valence-corrected chi connectivity index (χ2v) is 3.63. The molecule has 2 amide bonds. The number of amides is 2. The van der Waals surface area contributed by atoms with Gasteiger partial charge in [0.05, 0.1) is 0 Å². The lowest BCUT2D eigenvalue weighted by molar-refractivity contribution is -0.118. The first-order chi connectivity index (χ1) is 8.00. The van der Waals surface area contributed by atoms with Gasteiger partial charge in [0.1, 0.15) is 5.56 Å². The SMILES string of the molecule is CC(=O)NCCNC(=O)c1c[nH]c(C)cc1=O. The second-order valence-electron chi connectivity index (χ2n) is 3.63. The van der Waals surface area contributed by atoms with Crippen molar-refractivity contribution in [3.05, 3.63) is 33.7 Å². The first-order valence-corrected chi connectivity index (χ1v) is 5.22. The molecule has 0 fully saturated rings. The molecule has 6 heteroatoms. The lowest BCUT2D eigenvalue weighted by atomic mass is 10.2. The van der Waals surface area contributed by atoms with Gasteiger partial charge in [0.2, 0.25) is 5.91 Å². The van der Waals surface area contributed by atoms with Crippen molar-refractivity contribution in [2.45, 2.75) is 13.8 Å². The third-order valence-corrected chi connectivity index (χ3v) is 2.09. The minimum Gasteiger partial charge on any atom is -0.364 e. The number of aromatic amines is 1. The standard InChI is InChI=1S/C11H15N3O3/c1-7-5-10(16)9(6-14-7)11(17)13-4-3-12-8(2)15/h5-6H,3-4H2,1-2H3,(H,12,15)(H,13,17)(H,14,16). The van der Waals surface area contributed by atoms with Crippen LogP contribution in [0, 0.1) is 6.92 Å². The van der Waals surface area contributed by atoms with E-state index in [0.717, 1.165) is 0 Å². The first-order valence-electron chi connectivity index (χ1n) is 5.22. The molecule has 1 aromatic heterocycles. The quantitative estimate of drug-likeness (QED) is 0.619. The van der Waals surface area contributed by atoms with Crippen molar-refractivity contribution in [3.63, 3.8) is 0 Å². The summed E-state index contributed by atoms with van der Waals surface area (Å²) in [5.74, 6) is -0.607. The van der Waals surface area contributed by atoms with Gasteiger partial charge in [-0.15, -0.1) is 0 Å². The molecule has 0 radical (unpaired) electrons. The van der Waals surface area contributed by atoms with Crippen molar-refractivity contribution in [2.24, 2.45) is 0 Å². The Morgan fingerprint density at radius 3 is 2.53 bits per heavy atom. The monoisotopic (exact) mass is 237 g/mol. The molecule has 0 aromatic carbocycles. The molecule has 0 unspecified atom stereocenters. The van der Waals surface area contributed by atoms with Crippen LogP contribution in [0.5, 0.6) is 0 Å². The highest BCUT2D eigenvalue weighted by atomic mass is 16.2. The zero-order valence-corrected chi connectivity index (χ0v) is 9.79. The zero-order chi connectivity index (χ0) is 12.8. The summed E-state index contributed by atoms with van der Waals surface area (Å²) in [6, 6.07) is 1.36. The zero-order valence-electron chi connectivity index (χ0n) is 9.79. The summed E-state index contributed by atoms with van der Waals surface area (Å²) < 4.78 is 0. The van der Waals surface area contributed by atoms with Crippen molar-refractivity contribution >= 4 is 11.8 Å². The number of aryl methyl sites for hydroxylation is 1. The summed E-state index contributed by atoms with van der Waals surface area (Å²) in [5.41, 5.74) is 0.446. The van der Waals surface area contributed by atoms with Gasteiger partial charge in [0, 0.05) is 38.0 Å². The Kier molecular flexibility index (Phi) is 4.45. The molecule has 0 bridgehead atoms. The highest BCUT2D eigenvalue weighted by Gasteiger charge is 2.09. The molecule has 0 aliphatic rings. The van der Waals surface area contributed by atoms with E-state index in [4.69, 9.17) is 0 Å². The van der Waals surface area contributed by atoms with Crippen LogP contribution in [0.25, 0.3) is 0 Å². The van der Waals surface area contributed by atoms with Crippen LogP contribution in [0.15, 0.2) is 17.1 Å². The largest absolute Gasteiger partial charge is 0.364 e. The Hall–Kier alpha value is -2.11. The Labute approximate surface area is 98.4 Å². The predicted octanol–water partition coefficient (Wildman–Crippen LogP) is -0.451. The van der Waals surface area contributed by atoms with E-state index in [0.29, 0.717) is 12.2 Å². The smallest absolute Gasteiger partial charge is 0.256 e. The van der Waals surface area contributed by atoms with Crippen molar-refractivity contribution in [3.8, 4) is 0 Å². The number of nitrogens with one attached hydrogen (secondary N) is 3. The van der Waals surface area contributed by atoms with Gasteiger partial charge in [-0.25, -0.2) is 0 Å². The molecule has 0 aliphatic carbocycles. The fourth-order valence-electron chi connectivity index (χ4n) is 1.26. The molecule has 0 saturated heterocycles. The number of pyridine rings is 1. The number of rotatable bonds is 4. The molecule has 0 spiro atoms. The number of H-pyrrole nitrogens is 1. The molecule has 92 valence electrons. The summed E-state index contributed by atoms with van der Waals surface area (Å²) >= 11 is 0. The van der Waals surface area contributed by atoms with Gasteiger partial charge in [-0.05, 0) is 6.92 Å². The number of hydrogen-bond acceptors (Lipinski definition) is 3. The summed E-state index contributed by atoms with van der Waals surface area (Å²) in [6.45, 7) is 3.75. The number of carbonyl (C=O) groups is 2. The van der Waals surface area contributed by atoms with Crippen molar-refractivity contribution in [1.82, 2.24) is 15.6 Å². The third kappa shape index (κ3) is 4.10. The molecule has 1 rings (SSSR count). The van der Waals surface area contributed by atoms with Gasteiger partial charge in [0.25, 0.3) is 5.91 Å². The summed E-state index contributed by atoms with van der Waals surface area (Å²) in [6.07, 6.45) is 1.38. The fraction of sp³-hybridized carbons (Fsp3) is 0.364. The number of hydrogen-bond donors (Lipinski definition) is 3. The van der Waals surface area contributed by atoms with E-state index in [1.807, 2.05) is 0 Å². The van der Waals surface area contributed by atoms with E-state index in [1.165, 1.54) is 19.2 Å². The van der Waals surface area contributed by atoms with E-state index >= 15 is 0 Å². The molecular weight excluding hydrogens is 222 g/mol. The van der Waals surface area contributed by atoms with Crippen LogP contribution < -0.4 is 16.1 Å². The first kappa shape index (κ1) is 13.0. The van der Waals surface area contributed by atoms with Gasteiger partial charge in [-0.2, -0.15) is 0 Å². The molecule has 0 atom stereocenters. The van der Waals surface area contributed by atoms with Gasteiger partial charge in [0.15, 0.2) is 5.43 Å². The maximum absolute atomic E-state index is 11.6. The molecule has 0 aliphatic heterocycles. The van der Waals surface area contributed by atoms with Crippen LogP contribution in [0.3, 0.4) is 0 Å².